The molecular formula is C49H30N4. The second-order valence-electron chi connectivity index (χ2n) is 13.6. The minimum atomic E-state index is 0.639. The molecule has 4 heteroatoms. The van der Waals surface area contributed by atoms with Gasteiger partial charge in [-0.1, -0.05) is 103 Å². The molecule has 0 bridgehead atoms. The van der Waals surface area contributed by atoms with Crippen LogP contribution in [-0.2, 0) is 0 Å². The molecule has 0 aliphatic carbocycles. The zero-order valence-corrected chi connectivity index (χ0v) is 28.6. The SMILES string of the molecule is [C-]#[N+]c1ccc2c(c1)c1c3c4ccccc4n(-c4ccccc4-c4ccc5c(c4)c4ccccc4n5-c4ccccc4)c3ccc1n2-c1ccccc1. The minimum Gasteiger partial charge on any atom is -0.309 e. The van der Waals surface area contributed by atoms with E-state index in [4.69, 9.17) is 6.57 Å². The average Bonchev–Trinajstić information content (AvgIpc) is 3.86. The number of nitrogens with zero attached hydrogens (tertiary/aromatic N) is 4. The highest BCUT2D eigenvalue weighted by Gasteiger charge is 2.22. The van der Waals surface area contributed by atoms with Crippen LogP contribution in [0.15, 0.2) is 182 Å². The van der Waals surface area contributed by atoms with Crippen LogP contribution < -0.4 is 0 Å². The van der Waals surface area contributed by atoms with E-state index in [2.05, 4.69) is 194 Å². The Morgan fingerprint density at radius 3 is 1.60 bits per heavy atom. The molecule has 53 heavy (non-hydrogen) atoms. The van der Waals surface area contributed by atoms with Gasteiger partial charge in [0.05, 0.1) is 45.4 Å². The summed E-state index contributed by atoms with van der Waals surface area (Å²) in [7, 11) is 0. The van der Waals surface area contributed by atoms with Crippen molar-refractivity contribution in [1.29, 1.82) is 0 Å². The zero-order valence-electron chi connectivity index (χ0n) is 28.6. The summed E-state index contributed by atoms with van der Waals surface area (Å²) >= 11 is 0. The van der Waals surface area contributed by atoms with Crippen molar-refractivity contribution in [2.24, 2.45) is 0 Å². The lowest BCUT2D eigenvalue weighted by atomic mass is 10.0. The number of hydrogen-bond acceptors (Lipinski definition) is 0. The molecule has 8 aromatic carbocycles. The van der Waals surface area contributed by atoms with E-state index in [1.54, 1.807) is 0 Å². The van der Waals surface area contributed by atoms with Crippen LogP contribution in [0.1, 0.15) is 0 Å². The molecule has 11 aromatic rings. The van der Waals surface area contributed by atoms with Gasteiger partial charge in [-0.2, -0.15) is 0 Å². The highest BCUT2D eigenvalue weighted by molar-refractivity contribution is 6.29. The Kier molecular flexibility index (Phi) is 6.28. The van der Waals surface area contributed by atoms with Crippen molar-refractivity contribution in [3.63, 3.8) is 0 Å². The van der Waals surface area contributed by atoms with Crippen molar-refractivity contribution in [3.05, 3.63) is 193 Å². The number of benzene rings is 8. The van der Waals surface area contributed by atoms with Gasteiger partial charge < -0.3 is 13.7 Å². The molecule has 3 aromatic heterocycles. The average molecular weight is 675 g/mol. The van der Waals surface area contributed by atoms with Gasteiger partial charge in [0.25, 0.3) is 0 Å². The molecule has 11 rings (SSSR count). The van der Waals surface area contributed by atoms with Crippen LogP contribution >= 0.6 is 0 Å². The summed E-state index contributed by atoms with van der Waals surface area (Å²) in [6, 6.07) is 64.9. The molecule has 246 valence electrons. The molecule has 0 amide bonds. The van der Waals surface area contributed by atoms with Crippen molar-refractivity contribution >= 4 is 71.1 Å². The number of aromatic nitrogens is 3. The summed E-state index contributed by atoms with van der Waals surface area (Å²) in [5, 5.41) is 7.08. The molecule has 4 nitrogen and oxygen atoms in total. The van der Waals surface area contributed by atoms with E-state index >= 15 is 0 Å². The van der Waals surface area contributed by atoms with Crippen LogP contribution in [0, 0.1) is 6.57 Å². The van der Waals surface area contributed by atoms with Crippen molar-refractivity contribution < 1.29 is 0 Å². The summed E-state index contributed by atoms with van der Waals surface area (Å²) in [6.45, 7) is 7.87. The van der Waals surface area contributed by atoms with Crippen molar-refractivity contribution in [2.45, 2.75) is 0 Å². The fourth-order valence-electron chi connectivity index (χ4n) is 8.65. The second kappa shape index (κ2) is 11.3. The van der Waals surface area contributed by atoms with Crippen LogP contribution in [0.5, 0.6) is 0 Å². The van der Waals surface area contributed by atoms with E-state index in [9.17, 15) is 0 Å². The summed E-state index contributed by atoms with van der Waals surface area (Å²) in [5.41, 5.74) is 13.2. The molecule has 0 atom stereocenters. The highest BCUT2D eigenvalue weighted by Crippen LogP contribution is 2.45. The van der Waals surface area contributed by atoms with Crippen molar-refractivity contribution in [2.75, 3.05) is 0 Å². The molecule has 0 unspecified atom stereocenters. The van der Waals surface area contributed by atoms with E-state index < -0.39 is 0 Å². The van der Waals surface area contributed by atoms with Gasteiger partial charge >= 0.3 is 0 Å². The molecule has 0 saturated heterocycles. The van der Waals surface area contributed by atoms with Crippen LogP contribution in [-0.4, -0.2) is 13.7 Å². The van der Waals surface area contributed by atoms with Crippen LogP contribution in [0.2, 0.25) is 0 Å². The maximum Gasteiger partial charge on any atom is 0.188 e. The van der Waals surface area contributed by atoms with Gasteiger partial charge in [-0.05, 0) is 89.8 Å². The number of hydrogen-bond donors (Lipinski definition) is 0. The van der Waals surface area contributed by atoms with Crippen LogP contribution in [0.4, 0.5) is 5.69 Å². The lowest BCUT2D eigenvalue weighted by molar-refractivity contribution is 1.17. The smallest absolute Gasteiger partial charge is 0.188 e. The van der Waals surface area contributed by atoms with Gasteiger partial charge in [0.1, 0.15) is 0 Å². The summed E-state index contributed by atoms with van der Waals surface area (Å²) in [4.78, 5) is 3.84. The molecule has 0 aliphatic heterocycles. The molecular weight excluding hydrogens is 645 g/mol. The Morgan fingerprint density at radius 1 is 0.358 bits per heavy atom. The lowest BCUT2D eigenvalue weighted by Gasteiger charge is -2.15. The summed E-state index contributed by atoms with van der Waals surface area (Å²) in [5.74, 6) is 0. The highest BCUT2D eigenvalue weighted by atomic mass is 15.0. The molecule has 0 saturated carbocycles. The maximum absolute atomic E-state index is 7.87. The third-order valence-electron chi connectivity index (χ3n) is 10.8. The predicted molar refractivity (Wildman–Crippen MR) is 221 cm³/mol. The Hall–Kier alpha value is -7.35. The quantitative estimate of drug-likeness (QED) is 0.166. The van der Waals surface area contributed by atoms with E-state index in [1.165, 1.54) is 38.1 Å². The maximum atomic E-state index is 7.87. The first-order chi connectivity index (χ1) is 26.3. The fourth-order valence-corrected chi connectivity index (χ4v) is 8.65. The molecule has 0 fully saturated rings. The van der Waals surface area contributed by atoms with Gasteiger partial charge in [0.15, 0.2) is 5.69 Å². The lowest BCUT2D eigenvalue weighted by Crippen LogP contribution is -1.97. The van der Waals surface area contributed by atoms with Gasteiger partial charge in [-0.25, -0.2) is 4.85 Å². The predicted octanol–water partition coefficient (Wildman–Crippen LogP) is 13.2. The molecule has 0 spiro atoms. The van der Waals surface area contributed by atoms with E-state index in [1.807, 2.05) is 6.07 Å². The Labute approximate surface area is 305 Å². The number of fused-ring (bicyclic) bond motifs is 10. The zero-order chi connectivity index (χ0) is 35.0. The van der Waals surface area contributed by atoms with Crippen molar-refractivity contribution in [3.8, 4) is 28.2 Å². The first-order valence-electron chi connectivity index (χ1n) is 17.9. The number of para-hydroxylation sites is 5. The summed E-state index contributed by atoms with van der Waals surface area (Å²) in [6.07, 6.45) is 0. The van der Waals surface area contributed by atoms with Gasteiger partial charge in [-0.15, -0.1) is 0 Å². The molecule has 0 aliphatic rings. The first-order valence-corrected chi connectivity index (χ1v) is 17.9. The standard InChI is InChI=1S/C49H30N4/c1-50-33-25-27-45-40(31-33)49-46(52(45)35-16-6-3-7-17-35)28-29-47-48(49)38-20-10-13-23-43(38)53(47)41-21-11-8-18-36(41)32-24-26-44-39(30-32)37-19-9-12-22-42(37)51(44)34-14-4-2-5-15-34/h2-31H. The largest absolute Gasteiger partial charge is 0.309 e. The molecule has 0 radical (unpaired) electrons. The van der Waals surface area contributed by atoms with Gasteiger partial charge in [-0.3, -0.25) is 0 Å². The minimum absolute atomic E-state index is 0.639. The van der Waals surface area contributed by atoms with Gasteiger partial charge in [0, 0.05) is 43.9 Å². The molecule has 3 heterocycles. The second-order valence-corrected chi connectivity index (χ2v) is 13.6. The normalized spacial score (nSPS) is 11.8. The Morgan fingerprint density at radius 2 is 0.868 bits per heavy atom. The van der Waals surface area contributed by atoms with Gasteiger partial charge in [0.2, 0.25) is 0 Å². The van der Waals surface area contributed by atoms with Crippen molar-refractivity contribution in [1.82, 2.24) is 13.7 Å². The third-order valence-corrected chi connectivity index (χ3v) is 10.8. The molecule has 0 N–H and O–H groups in total. The monoisotopic (exact) mass is 674 g/mol. The Balaban J connectivity index is 1.21. The van der Waals surface area contributed by atoms with E-state index in [0.29, 0.717) is 5.69 Å². The van der Waals surface area contributed by atoms with E-state index in [0.717, 1.165) is 55.5 Å². The van der Waals surface area contributed by atoms with E-state index in [-0.39, 0.29) is 0 Å². The Bertz CT molecular complexity index is 3280. The number of rotatable bonds is 4. The first kappa shape index (κ1) is 29.4. The summed E-state index contributed by atoms with van der Waals surface area (Å²) < 4.78 is 7.13. The third kappa shape index (κ3) is 4.22. The fraction of sp³-hybridized carbons (Fsp3) is 0. The van der Waals surface area contributed by atoms with Crippen LogP contribution in [0.25, 0.3) is 98.5 Å². The topological polar surface area (TPSA) is 19.1 Å². The van der Waals surface area contributed by atoms with Crippen LogP contribution in [0.3, 0.4) is 0 Å².